The Labute approximate surface area is 106 Å². The lowest BCUT2D eigenvalue weighted by atomic mass is 10.1. The third-order valence-corrected chi connectivity index (χ3v) is 3.07. The Morgan fingerprint density at radius 2 is 1.61 bits per heavy atom. The van der Waals surface area contributed by atoms with Crippen LogP contribution in [-0.4, -0.2) is 9.97 Å². The molecule has 0 saturated heterocycles. The predicted molar refractivity (Wildman–Crippen MR) is 74.4 cm³/mol. The van der Waals surface area contributed by atoms with Gasteiger partial charge in [0.15, 0.2) is 5.82 Å². The fourth-order valence-electron chi connectivity index (χ4n) is 2.11. The zero-order valence-electron chi connectivity index (χ0n) is 10.5. The van der Waals surface area contributed by atoms with Crippen molar-refractivity contribution < 1.29 is 0 Å². The molecule has 0 unspecified atom stereocenters. The zero-order chi connectivity index (χ0) is 12.5. The molecule has 1 aromatic heterocycles. The third kappa shape index (κ3) is 1.86. The van der Waals surface area contributed by atoms with Crippen LogP contribution < -0.4 is 0 Å². The molecular formula is C16H14N2. The number of nitrogens with zero attached hydrogens (tertiary/aromatic N) is 2. The summed E-state index contributed by atoms with van der Waals surface area (Å²) in [4.78, 5) is 9.25. The van der Waals surface area contributed by atoms with E-state index in [0.717, 1.165) is 28.0 Å². The van der Waals surface area contributed by atoms with Crippen LogP contribution in [-0.2, 0) is 0 Å². The molecular weight excluding hydrogens is 220 g/mol. The van der Waals surface area contributed by atoms with Gasteiger partial charge in [-0.3, -0.25) is 0 Å². The van der Waals surface area contributed by atoms with E-state index < -0.39 is 0 Å². The topological polar surface area (TPSA) is 25.8 Å². The highest BCUT2D eigenvalue weighted by atomic mass is 14.9. The lowest BCUT2D eigenvalue weighted by molar-refractivity contribution is 1.16. The lowest BCUT2D eigenvalue weighted by Crippen LogP contribution is -1.94. The predicted octanol–water partition coefficient (Wildman–Crippen LogP) is 3.91. The van der Waals surface area contributed by atoms with Gasteiger partial charge in [0.2, 0.25) is 0 Å². The molecule has 2 nitrogen and oxygen atoms in total. The van der Waals surface area contributed by atoms with Crippen molar-refractivity contribution in [2.24, 2.45) is 0 Å². The first kappa shape index (κ1) is 10.9. The Hall–Kier alpha value is -2.22. The number of fused-ring (bicyclic) bond motifs is 1. The summed E-state index contributed by atoms with van der Waals surface area (Å²) in [6.07, 6.45) is 0. The Kier molecular flexibility index (Phi) is 2.56. The van der Waals surface area contributed by atoms with Gasteiger partial charge < -0.3 is 0 Å². The van der Waals surface area contributed by atoms with Crippen LogP contribution in [0.4, 0.5) is 0 Å². The summed E-state index contributed by atoms with van der Waals surface area (Å²) in [5, 5.41) is 1.13. The van der Waals surface area contributed by atoms with Crippen LogP contribution in [0.3, 0.4) is 0 Å². The molecule has 88 valence electrons. The van der Waals surface area contributed by atoms with Crippen molar-refractivity contribution in [1.29, 1.82) is 0 Å². The van der Waals surface area contributed by atoms with Gasteiger partial charge in [0.05, 0.1) is 5.52 Å². The number of aromatic nitrogens is 2. The normalized spacial score (nSPS) is 10.8. The summed E-state index contributed by atoms with van der Waals surface area (Å²) >= 11 is 0. The molecule has 0 N–H and O–H groups in total. The van der Waals surface area contributed by atoms with Gasteiger partial charge in [-0.25, -0.2) is 9.97 Å². The highest BCUT2D eigenvalue weighted by molar-refractivity contribution is 5.83. The maximum absolute atomic E-state index is 4.66. The van der Waals surface area contributed by atoms with Crippen molar-refractivity contribution in [3.05, 3.63) is 59.8 Å². The van der Waals surface area contributed by atoms with Gasteiger partial charge in [0.1, 0.15) is 0 Å². The fraction of sp³-hybridized carbons (Fsp3) is 0.125. The van der Waals surface area contributed by atoms with E-state index in [9.17, 15) is 0 Å². The number of aryl methyl sites for hydroxylation is 2. The third-order valence-electron chi connectivity index (χ3n) is 3.07. The second-order valence-corrected chi connectivity index (χ2v) is 4.52. The monoisotopic (exact) mass is 234 g/mol. The average molecular weight is 234 g/mol. The second-order valence-electron chi connectivity index (χ2n) is 4.52. The molecule has 0 bridgehead atoms. The van der Waals surface area contributed by atoms with Crippen molar-refractivity contribution in [1.82, 2.24) is 9.97 Å². The van der Waals surface area contributed by atoms with Crippen LogP contribution in [0.5, 0.6) is 0 Å². The van der Waals surface area contributed by atoms with Gasteiger partial charge >= 0.3 is 0 Å². The molecule has 3 rings (SSSR count). The molecule has 0 aliphatic heterocycles. The minimum Gasteiger partial charge on any atom is -0.233 e. The number of rotatable bonds is 1. The molecule has 0 aliphatic carbocycles. The van der Waals surface area contributed by atoms with Crippen LogP contribution in [0.25, 0.3) is 22.3 Å². The van der Waals surface area contributed by atoms with Crippen LogP contribution >= 0.6 is 0 Å². The molecule has 0 atom stereocenters. The van der Waals surface area contributed by atoms with E-state index in [0.29, 0.717) is 0 Å². The smallest absolute Gasteiger partial charge is 0.160 e. The first-order valence-corrected chi connectivity index (χ1v) is 6.04. The van der Waals surface area contributed by atoms with Crippen molar-refractivity contribution in [3.8, 4) is 11.4 Å². The average Bonchev–Trinajstić information content (AvgIpc) is 2.39. The van der Waals surface area contributed by atoms with Crippen molar-refractivity contribution in [2.45, 2.75) is 13.8 Å². The molecule has 0 radical (unpaired) electrons. The summed E-state index contributed by atoms with van der Waals surface area (Å²) in [6, 6.07) is 16.4. The molecule has 0 spiro atoms. The van der Waals surface area contributed by atoms with Crippen LogP contribution in [0.1, 0.15) is 11.3 Å². The van der Waals surface area contributed by atoms with Crippen molar-refractivity contribution in [2.75, 3.05) is 0 Å². The largest absolute Gasteiger partial charge is 0.233 e. The van der Waals surface area contributed by atoms with E-state index in [1.54, 1.807) is 0 Å². The molecule has 0 amide bonds. The van der Waals surface area contributed by atoms with Crippen LogP contribution in [0.15, 0.2) is 48.5 Å². The standard InChI is InChI=1S/C16H14N2/c1-11-8-9-14-12(2)17-16(18-15(14)10-11)13-6-4-3-5-7-13/h3-10H,1-2H3. The van der Waals surface area contributed by atoms with E-state index in [1.165, 1.54) is 5.56 Å². The summed E-state index contributed by atoms with van der Waals surface area (Å²) in [5.41, 5.74) is 4.32. The van der Waals surface area contributed by atoms with Gasteiger partial charge in [0, 0.05) is 16.6 Å². The number of benzene rings is 2. The van der Waals surface area contributed by atoms with E-state index >= 15 is 0 Å². The van der Waals surface area contributed by atoms with Gasteiger partial charge in [-0.05, 0) is 25.5 Å². The lowest BCUT2D eigenvalue weighted by Gasteiger charge is -2.06. The van der Waals surface area contributed by atoms with Crippen molar-refractivity contribution >= 4 is 10.9 Å². The maximum atomic E-state index is 4.66. The second kappa shape index (κ2) is 4.22. The van der Waals surface area contributed by atoms with E-state index in [1.807, 2.05) is 37.3 Å². The summed E-state index contributed by atoms with van der Waals surface area (Å²) in [6.45, 7) is 4.12. The maximum Gasteiger partial charge on any atom is 0.160 e. The first-order chi connectivity index (χ1) is 8.74. The van der Waals surface area contributed by atoms with Crippen LogP contribution in [0, 0.1) is 13.8 Å². The Morgan fingerprint density at radius 1 is 0.833 bits per heavy atom. The van der Waals surface area contributed by atoms with Gasteiger partial charge in [-0.2, -0.15) is 0 Å². The molecule has 0 saturated carbocycles. The molecule has 0 aliphatic rings. The molecule has 0 fully saturated rings. The number of hydrogen-bond donors (Lipinski definition) is 0. The van der Waals surface area contributed by atoms with Crippen molar-refractivity contribution in [3.63, 3.8) is 0 Å². The van der Waals surface area contributed by atoms with E-state index in [-0.39, 0.29) is 0 Å². The van der Waals surface area contributed by atoms with Gasteiger partial charge in [-0.1, -0.05) is 42.5 Å². The minimum atomic E-state index is 0.797. The SMILES string of the molecule is Cc1ccc2c(C)nc(-c3ccccc3)nc2c1. The Balaban J connectivity index is 2.27. The minimum absolute atomic E-state index is 0.797. The van der Waals surface area contributed by atoms with Gasteiger partial charge in [0.25, 0.3) is 0 Å². The molecule has 2 aromatic carbocycles. The summed E-state index contributed by atoms with van der Waals surface area (Å²) in [7, 11) is 0. The van der Waals surface area contributed by atoms with Gasteiger partial charge in [-0.15, -0.1) is 0 Å². The molecule has 3 aromatic rings. The molecule has 2 heteroatoms. The highest BCUT2D eigenvalue weighted by Gasteiger charge is 2.06. The van der Waals surface area contributed by atoms with E-state index in [4.69, 9.17) is 0 Å². The Morgan fingerprint density at radius 3 is 2.39 bits per heavy atom. The summed E-state index contributed by atoms with van der Waals surface area (Å²) < 4.78 is 0. The highest BCUT2D eigenvalue weighted by Crippen LogP contribution is 2.21. The van der Waals surface area contributed by atoms with E-state index in [2.05, 4.69) is 35.1 Å². The summed E-state index contributed by atoms with van der Waals surface area (Å²) in [5.74, 6) is 0.797. The van der Waals surface area contributed by atoms with Crippen LogP contribution in [0.2, 0.25) is 0 Å². The number of hydrogen-bond acceptors (Lipinski definition) is 2. The quantitative estimate of drug-likeness (QED) is 0.638. The molecule has 1 heterocycles. The fourth-order valence-corrected chi connectivity index (χ4v) is 2.11. The Bertz CT molecular complexity index is 703. The molecule has 18 heavy (non-hydrogen) atoms. The zero-order valence-corrected chi connectivity index (χ0v) is 10.5. The first-order valence-electron chi connectivity index (χ1n) is 6.04.